The van der Waals surface area contributed by atoms with Crippen molar-refractivity contribution in [1.82, 2.24) is 4.90 Å². The summed E-state index contributed by atoms with van der Waals surface area (Å²) in [5.74, 6) is 1.08. The van der Waals surface area contributed by atoms with Crippen molar-refractivity contribution in [2.45, 2.75) is 52.0 Å². The molecule has 0 heterocycles. The summed E-state index contributed by atoms with van der Waals surface area (Å²) in [4.78, 5) is 2.66. The summed E-state index contributed by atoms with van der Waals surface area (Å²) in [6, 6.07) is 7.21. The summed E-state index contributed by atoms with van der Waals surface area (Å²) in [5, 5.41) is 0. The van der Waals surface area contributed by atoms with E-state index in [-0.39, 0.29) is 0 Å². The first-order valence-electron chi connectivity index (χ1n) is 7.68. The summed E-state index contributed by atoms with van der Waals surface area (Å²) in [6.07, 6.45) is 6.21. The van der Waals surface area contributed by atoms with E-state index in [0.29, 0.717) is 0 Å². The maximum atomic E-state index is 5.49. The second kappa shape index (κ2) is 6.95. The lowest BCUT2D eigenvalue weighted by atomic mass is 9.86. The molecule has 0 bridgehead atoms. The molecule has 1 atom stereocenters. The third-order valence-electron chi connectivity index (χ3n) is 4.35. The van der Waals surface area contributed by atoms with Gasteiger partial charge in [0.25, 0.3) is 0 Å². The molecule has 0 saturated heterocycles. The normalized spacial score (nSPS) is 18.4. The summed E-state index contributed by atoms with van der Waals surface area (Å²) in [7, 11) is 1.78. The van der Waals surface area contributed by atoms with E-state index >= 15 is 0 Å². The molecule has 0 aliphatic heterocycles. The van der Waals surface area contributed by atoms with Crippen molar-refractivity contribution in [3.8, 4) is 5.75 Å². The van der Waals surface area contributed by atoms with Gasteiger partial charge < -0.3 is 9.64 Å². The van der Waals surface area contributed by atoms with Crippen LogP contribution in [-0.4, -0.2) is 31.1 Å². The van der Waals surface area contributed by atoms with E-state index in [4.69, 9.17) is 4.74 Å². The summed E-state index contributed by atoms with van der Waals surface area (Å²) >= 11 is 0. The number of fused-ring (bicyclic) bond motifs is 1. The van der Waals surface area contributed by atoms with Crippen molar-refractivity contribution >= 4 is 0 Å². The third kappa shape index (κ3) is 3.30. The highest BCUT2D eigenvalue weighted by Crippen LogP contribution is 2.31. The van der Waals surface area contributed by atoms with Gasteiger partial charge in [0, 0.05) is 6.04 Å². The second-order valence-electron chi connectivity index (χ2n) is 5.48. The first-order chi connectivity index (χ1) is 9.30. The number of nitrogens with zero attached hydrogens (tertiary/aromatic N) is 1. The Hall–Kier alpha value is -1.02. The van der Waals surface area contributed by atoms with Crippen LogP contribution in [0.2, 0.25) is 0 Å². The topological polar surface area (TPSA) is 12.5 Å². The largest absolute Gasteiger partial charge is 0.496 e. The van der Waals surface area contributed by atoms with Crippen LogP contribution in [0.1, 0.15) is 44.2 Å². The van der Waals surface area contributed by atoms with Crippen LogP contribution in [0.5, 0.6) is 5.75 Å². The van der Waals surface area contributed by atoms with Crippen LogP contribution in [0.15, 0.2) is 18.2 Å². The van der Waals surface area contributed by atoms with Crippen molar-refractivity contribution in [1.29, 1.82) is 0 Å². The summed E-state index contributed by atoms with van der Waals surface area (Å²) < 4.78 is 5.49. The lowest BCUT2D eigenvalue weighted by molar-refractivity contribution is 0.185. The Morgan fingerprint density at radius 1 is 1.32 bits per heavy atom. The first kappa shape index (κ1) is 14.4. The number of ether oxygens (including phenoxy) is 1. The van der Waals surface area contributed by atoms with Crippen LogP contribution < -0.4 is 4.74 Å². The summed E-state index contributed by atoms with van der Waals surface area (Å²) in [6.45, 7) is 6.98. The Kier molecular flexibility index (Phi) is 5.26. The molecule has 0 spiro atoms. The molecule has 0 radical (unpaired) electrons. The van der Waals surface area contributed by atoms with Gasteiger partial charge in [0.1, 0.15) is 5.75 Å². The van der Waals surface area contributed by atoms with Crippen LogP contribution in [0.3, 0.4) is 0 Å². The predicted molar refractivity (Wildman–Crippen MR) is 81.0 cm³/mol. The lowest BCUT2D eigenvalue weighted by Gasteiger charge is -2.35. The van der Waals surface area contributed by atoms with Crippen molar-refractivity contribution in [2.24, 2.45) is 0 Å². The monoisotopic (exact) mass is 261 g/mol. The van der Waals surface area contributed by atoms with E-state index in [9.17, 15) is 0 Å². The minimum atomic E-state index is 0.719. The van der Waals surface area contributed by atoms with Crippen molar-refractivity contribution in [2.75, 3.05) is 20.2 Å². The number of methoxy groups -OCH3 is 1. The molecule has 2 nitrogen and oxygen atoms in total. The fraction of sp³-hybridized carbons (Fsp3) is 0.647. The molecule has 1 aromatic carbocycles. The number of likely N-dealkylation sites (N-methyl/N-ethyl adjacent to an activating group) is 1. The highest BCUT2D eigenvalue weighted by molar-refractivity contribution is 5.42. The second-order valence-corrected chi connectivity index (χ2v) is 5.48. The van der Waals surface area contributed by atoms with Crippen molar-refractivity contribution < 1.29 is 4.74 Å². The molecular formula is C17H27NO. The standard InChI is InChI=1S/C17H27NO/c1-4-6-12-18(5-2)15-10-11-16-14(13-15)8-7-9-17(16)19-3/h7-9,15H,4-6,10-13H2,1-3H3. The molecule has 2 heteroatoms. The SMILES string of the molecule is CCCCN(CC)C1CCc2c(cccc2OC)C1. The third-order valence-corrected chi connectivity index (χ3v) is 4.35. The van der Waals surface area contributed by atoms with E-state index < -0.39 is 0 Å². The Labute approximate surface area is 117 Å². The zero-order valence-electron chi connectivity index (χ0n) is 12.6. The average molecular weight is 261 g/mol. The Morgan fingerprint density at radius 2 is 2.16 bits per heavy atom. The van der Waals surface area contributed by atoms with Crippen molar-refractivity contribution in [3.05, 3.63) is 29.3 Å². The minimum absolute atomic E-state index is 0.719. The zero-order valence-corrected chi connectivity index (χ0v) is 12.6. The molecule has 0 saturated carbocycles. The van der Waals surface area contributed by atoms with Crippen LogP contribution in [0, 0.1) is 0 Å². The van der Waals surface area contributed by atoms with Gasteiger partial charge in [-0.15, -0.1) is 0 Å². The molecule has 0 amide bonds. The van der Waals surface area contributed by atoms with E-state index in [0.717, 1.165) is 18.2 Å². The molecule has 106 valence electrons. The molecular weight excluding hydrogens is 234 g/mol. The highest BCUT2D eigenvalue weighted by Gasteiger charge is 2.24. The van der Waals surface area contributed by atoms with Gasteiger partial charge in [-0.05, 0) is 56.0 Å². The van der Waals surface area contributed by atoms with Gasteiger partial charge in [0.05, 0.1) is 7.11 Å². The molecule has 0 aromatic heterocycles. The maximum absolute atomic E-state index is 5.49. The number of benzene rings is 1. The average Bonchev–Trinajstić information content (AvgIpc) is 2.47. The van der Waals surface area contributed by atoms with Crippen LogP contribution in [0.4, 0.5) is 0 Å². The van der Waals surface area contributed by atoms with Crippen LogP contribution in [0.25, 0.3) is 0 Å². The zero-order chi connectivity index (χ0) is 13.7. The minimum Gasteiger partial charge on any atom is -0.496 e. The smallest absolute Gasteiger partial charge is 0.122 e. The number of hydrogen-bond donors (Lipinski definition) is 0. The quantitative estimate of drug-likeness (QED) is 0.774. The Morgan fingerprint density at radius 3 is 2.84 bits per heavy atom. The van der Waals surface area contributed by atoms with Gasteiger partial charge in [0.15, 0.2) is 0 Å². The van der Waals surface area contributed by atoms with E-state index in [1.807, 2.05) is 0 Å². The number of rotatable bonds is 6. The predicted octanol–water partition coefficient (Wildman–Crippen LogP) is 3.67. The highest BCUT2D eigenvalue weighted by atomic mass is 16.5. The Balaban J connectivity index is 2.08. The Bertz CT molecular complexity index is 402. The van der Waals surface area contributed by atoms with Gasteiger partial charge in [-0.3, -0.25) is 0 Å². The molecule has 19 heavy (non-hydrogen) atoms. The van der Waals surface area contributed by atoms with Gasteiger partial charge >= 0.3 is 0 Å². The molecule has 1 aliphatic rings. The molecule has 1 aromatic rings. The van der Waals surface area contributed by atoms with Gasteiger partial charge in [-0.1, -0.05) is 32.4 Å². The van der Waals surface area contributed by atoms with Crippen LogP contribution >= 0.6 is 0 Å². The molecule has 2 rings (SSSR count). The maximum Gasteiger partial charge on any atom is 0.122 e. The molecule has 1 aliphatic carbocycles. The first-order valence-corrected chi connectivity index (χ1v) is 7.68. The fourth-order valence-corrected chi connectivity index (χ4v) is 3.22. The molecule has 0 N–H and O–H groups in total. The van der Waals surface area contributed by atoms with Gasteiger partial charge in [-0.25, -0.2) is 0 Å². The van der Waals surface area contributed by atoms with E-state index in [1.54, 1.807) is 7.11 Å². The van der Waals surface area contributed by atoms with Gasteiger partial charge in [0.2, 0.25) is 0 Å². The lowest BCUT2D eigenvalue weighted by Crippen LogP contribution is -2.39. The van der Waals surface area contributed by atoms with E-state index in [1.165, 1.54) is 49.9 Å². The summed E-state index contributed by atoms with van der Waals surface area (Å²) in [5.41, 5.74) is 2.93. The van der Waals surface area contributed by atoms with Crippen molar-refractivity contribution in [3.63, 3.8) is 0 Å². The van der Waals surface area contributed by atoms with E-state index in [2.05, 4.69) is 36.9 Å². The molecule has 0 fully saturated rings. The van der Waals surface area contributed by atoms with Crippen LogP contribution in [-0.2, 0) is 12.8 Å². The van der Waals surface area contributed by atoms with Gasteiger partial charge in [-0.2, -0.15) is 0 Å². The number of unbranched alkanes of at least 4 members (excludes halogenated alkanes) is 1. The number of hydrogen-bond acceptors (Lipinski definition) is 2. The fourth-order valence-electron chi connectivity index (χ4n) is 3.22. The molecule has 1 unspecified atom stereocenters.